The molecule has 86 valence electrons. The van der Waals surface area contributed by atoms with E-state index in [0.717, 1.165) is 12.0 Å². The Labute approximate surface area is 96.4 Å². The first-order valence-electron chi connectivity index (χ1n) is 5.73. The number of hydrogen-bond acceptors (Lipinski definition) is 2. The van der Waals surface area contributed by atoms with Crippen LogP contribution in [0.1, 0.15) is 31.9 Å². The fourth-order valence-corrected chi connectivity index (χ4v) is 1.98. The molecule has 2 rings (SSSR count). The van der Waals surface area contributed by atoms with Crippen molar-refractivity contribution >= 4 is 11.0 Å². The van der Waals surface area contributed by atoms with Crippen LogP contribution in [0.5, 0.6) is 0 Å². The summed E-state index contributed by atoms with van der Waals surface area (Å²) in [5.41, 5.74) is 9.15. The highest BCUT2D eigenvalue weighted by Crippen LogP contribution is 2.31. The molecule has 2 N–H and O–H groups in total. The van der Waals surface area contributed by atoms with E-state index in [0.29, 0.717) is 6.54 Å². The molecule has 0 saturated carbocycles. The second-order valence-electron chi connectivity index (χ2n) is 5.27. The van der Waals surface area contributed by atoms with Crippen molar-refractivity contribution in [2.24, 2.45) is 5.73 Å². The number of nitrogens with two attached hydrogens (primary N) is 1. The number of fused-ring (bicyclic) bond motifs is 1. The summed E-state index contributed by atoms with van der Waals surface area (Å²) in [7, 11) is 0. The summed E-state index contributed by atoms with van der Waals surface area (Å²) in [5, 5.41) is 1.22. The first-order chi connectivity index (χ1) is 7.52. The van der Waals surface area contributed by atoms with Gasteiger partial charge >= 0.3 is 0 Å². The van der Waals surface area contributed by atoms with E-state index >= 15 is 0 Å². The van der Waals surface area contributed by atoms with Crippen molar-refractivity contribution in [3.05, 3.63) is 35.6 Å². The van der Waals surface area contributed by atoms with Crippen LogP contribution in [0.15, 0.2) is 28.9 Å². The predicted octanol–water partition coefficient (Wildman–Crippen LogP) is 3.23. The van der Waals surface area contributed by atoms with Crippen molar-refractivity contribution in [1.82, 2.24) is 0 Å². The van der Waals surface area contributed by atoms with Crippen LogP contribution in [0.4, 0.5) is 0 Å². The molecule has 2 aromatic rings. The van der Waals surface area contributed by atoms with Gasteiger partial charge in [0, 0.05) is 10.9 Å². The molecule has 0 fully saturated rings. The van der Waals surface area contributed by atoms with Gasteiger partial charge in [-0.05, 0) is 30.0 Å². The lowest BCUT2D eigenvalue weighted by molar-refractivity contribution is 0.557. The second-order valence-corrected chi connectivity index (χ2v) is 5.27. The van der Waals surface area contributed by atoms with Crippen molar-refractivity contribution in [2.75, 3.05) is 6.54 Å². The topological polar surface area (TPSA) is 39.2 Å². The SMILES string of the molecule is CC(C)(C)c1coc2cc(CCN)ccc12. The second kappa shape index (κ2) is 3.95. The van der Waals surface area contributed by atoms with Gasteiger partial charge < -0.3 is 10.2 Å². The minimum Gasteiger partial charge on any atom is -0.464 e. The number of furan rings is 1. The molecule has 1 aromatic heterocycles. The fourth-order valence-electron chi connectivity index (χ4n) is 1.98. The summed E-state index contributed by atoms with van der Waals surface area (Å²) in [4.78, 5) is 0. The zero-order valence-electron chi connectivity index (χ0n) is 10.2. The average Bonchev–Trinajstić information content (AvgIpc) is 2.60. The Morgan fingerprint density at radius 1 is 1.25 bits per heavy atom. The lowest BCUT2D eigenvalue weighted by atomic mass is 9.87. The molecule has 0 unspecified atom stereocenters. The Kier molecular flexibility index (Phi) is 2.76. The molecule has 0 aliphatic carbocycles. The molecule has 2 heteroatoms. The van der Waals surface area contributed by atoms with E-state index in [9.17, 15) is 0 Å². The van der Waals surface area contributed by atoms with Crippen molar-refractivity contribution in [2.45, 2.75) is 32.6 Å². The lowest BCUT2D eigenvalue weighted by Crippen LogP contribution is -2.09. The third-order valence-corrected chi connectivity index (χ3v) is 2.88. The molecule has 0 atom stereocenters. The minimum atomic E-state index is 0.126. The highest BCUT2D eigenvalue weighted by Gasteiger charge is 2.19. The van der Waals surface area contributed by atoms with E-state index in [4.69, 9.17) is 10.2 Å². The van der Waals surface area contributed by atoms with E-state index in [1.807, 2.05) is 6.26 Å². The molecule has 0 spiro atoms. The molecular formula is C14H19NO. The zero-order valence-corrected chi connectivity index (χ0v) is 10.2. The van der Waals surface area contributed by atoms with Gasteiger partial charge in [0.05, 0.1) is 6.26 Å². The smallest absolute Gasteiger partial charge is 0.134 e. The Balaban J connectivity index is 2.51. The number of hydrogen-bond donors (Lipinski definition) is 1. The number of benzene rings is 1. The summed E-state index contributed by atoms with van der Waals surface area (Å²) in [5.74, 6) is 0. The van der Waals surface area contributed by atoms with E-state index in [1.54, 1.807) is 0 Å². The van der Waals surface area contributed by atoms with Gasteiger partial charge in [-0.15, -0.1) is 0 Å². The standard InChI is InChI=1S/C14H19NO/c1-14(2,3)12-9-16-13-8-10(6-7-15)4-5-11(12)13/h4-5,8-9H,6-7,15H2,1-3H3. The van der Waals surface area contributed by atoms with Gasteiger partial charge in [-0.1, -0.05) is 32.9 Å². The van der Waals surface area contributed by atoms with Gasteiger partial charge in [0.2, 0.25) is 0 Å². The van der Waals surface area contributed by atoms with E-state index in [-0.39, 0.29) is 5.41 Å². The van der Waals surface area contributed by atoms with Crippen LogP contribution >= 0.6 is 0 Å². The maximum absolute atomic E-state index is 5.62. The maximum atomic E-state index is 5.62. The zero-order chi connectivity index (χ0) is 11.8. The third kappa shape index (κ3) is 1.98. The van der Waals surface area contributed by atoms with E-state index in [1.165, 1.54) is 16.5 Å². The highest BCUT2D eigenvalue weighted by atomic mass is 16.3. The van der Waals surface area contributed by atoms with Crippen LogP contribution in [-0.2, 0) is 11.8 Å². The maximum Gasteiger partial charge on any atom is 0.134 e. The van der Waals surface area contributed by atoms with Crippen molar-refractivity contribution in [1.29, 1.82) is 0 Å². The molecule has 1 aromatic carbocycles. The quantitative estimate of drug-likeness (QED) is 0.838. The first-order valence-corrected chi connectivity index (χ1v) is 5.73. The van der Waals surface area contributed by atoms with E-state index < -0.39 is 0 Å². The van der Waals surface area contributed by atoms with Gasteiger partial charge in [0.15, 0.2) is 0 Å². The normalized spacial score (nSPS) is 12.2. The molecule has 1 heterocycles. The molecule has 0 amide bonds. The predicted molar refractivity (Wildman–Crippen MR) is 67.7 cm³/mol. The molecule has 0 aliphatic rings. The van der Waals surface area contributed by atoms with Crippen LogP contribution in [0.25, 0.3) is 11.0 Å². The van der Waals surface area contributed by atoms with Crippen molar-refractivity contribution in [3.8, 4) is 0 Å². The number of rotatable bonds is 2. The molecule has 0 saturated heterocycles. The highest BCUT2D eigenvalue weighted by molar-refractivity contribution is 5.82. The average molecular weight is 217 g/mol. The van der Waals surface area contributed by atoms with Crippen LogP contribution in [0.2, 0.25) is 0 Å². The van der Waals surface area contributed by atoms with Crippen LogP contribution in [0.3, 0.4) is 0 Å². The molecule has 16 heavy (non-hydrogen) atoms. The summed E-state index contributed by atoms with van der Waals surface area (Å²) >= 11 is 0. The van der Waals surface area contributed by atoms with E-state index in [2.05, 4.69) is 39.0 Å². The summed E-state index contributed by atoms with van der Waals surface area (Å²) in [6, 6.07) is 6.38. The Hall–Kier alpha value is -1.28. The van der Waals surface area contributed by atoms with Crippen LogP contribution in [0, 0.1) is 0 Å². The monoisotopic (exact) mass is 217 g/mol. The Bertz CT molecular complexity index is 491. The van der Waals surface area contributed by atoms with Gasteiger partial charge in [-0.3, -0.25) is 0 Å². The lowest BCUT2D eigenvalue weighted by Gasteiger charge is -2.16. The molecule has 2 nitrogen and oxygen atoms in total. The molecule has 0 aliphatic heterocycles. The van der Waals surface area contributed by atoms with Crippen LogP contribution in [-0.4, -0.2) is 6.54 Å². The van der Waals surface area contributed by atoms with Gasteiger partial charge in [0.25, 0.3) is 0 Å². The molecule has 0 radical (unpaired) electrons. The summed E-state index contributed by atoms with van der Waals surface area (Å²) in [6.45, 7) is 7.28. The van der Waals surface area contributed by atoms with Crippen LogP contribution < -0.4 is 5.73 Å². The fraction of sp³-hybridized carbons (Fsp3) is 0.429. The summed E-state index contributed by atoms with van der Waals surface area (Å²) < 4.78 is 5.62. The Morgan fingerprint density at radius 3 is 2.62 bits per heavy atom. The van der Waals surface area contributed by atoms with Gasteiger partial charge in [0.1, 0.15) is 5.58 Å². The first kappa shape index (κ1) is 11.2. The minimum absolute atomic E-state index is 0.126. The van der Waals surface area contributed by atoms with Crippen molar-refractivity contribution in [3.63, 3.8) is 0 Å². The molecular weight excluding hydrogens is 198 g/mol. The van der Waals surface area contributed by atoms with Gasteiger partial charge in [-0.2, -0.15) is 0 Å². The third-order valence-electron chi connectivity index (χ3n) is 2.88. The largest absolute Gasteiger partial charge is 0.464 e. The Morgan fingerprint density at radius 2 is 2.00 bits per heavy atom. The van der Waals surface area contributed by atoms with Crippen molar-refractivity contribution < 1.29 is 4.42 Å². The van der Waals surface area contributed by atoms with Gasteiger partial charge in [-0.25, -0.2) is 0 Å². The molecule has 0 bridgehead atoms. The summed E-state index contributed by atoms with van der Waals surface area (Å²) in [6.07, 6.45) is 2.78.